The van der Waals surface area contributed by atoms with Gasteiger partial charge in [-0.15, -0.1) is 5.10 Å². The number of hydrogen-bond donors (Lipinski definition) is 1. The summed E-state index contributed by atoms with van der Waals surface area (Å²) in [6, 6.07) is 11.9. The summed E-state index contributed by atoms with van der Waals surface area (Å²) in [6.07, 6.45) is 4.97. The zero-order valence-electron chi connectivity index (χ0n) is 20.9. The number of carbonyl (C=O) groups excluding carboxylic acids is 2. The highest BCUT2D eigenvalue weighted by Crippen LogP contribution is 2.33. The minimum atomic E-state index is -3.48. The Morgan fingerprint density at radius 1 is 1.00 bits per heavy atom. The van der Waals surface area contributed by atoms with Crippen LogP contribution in [0.4, 0.5) is 0 Å². The third kappa shape index (κ3) is 5.14. The molecule has 2 aliphatic heterocycles. The molecular weight excluding hydrogens is 492 g/mol. The standard InChI is InChI=1S/C26H30N6O4S/c1-30(2)37(35,36)22-7-3-18(4-8-22)5-10-25(33)31-13-11-20-16-32(17-21(20)12-14-31)26(34)19-6-9-23-24(15-19)28-29-27-23/h3-10,15,20-21H,11-14,16-17H2,1-2H3,(H,27,28,29)/t20-,21+. The van der Waals surface area contributed by atoms with Gasteiger partial charge in [0.25, 0.3) is 5.91 Å². The Hall–Kier alpha value is -3.57. The van der Waals surface area contributed by atoms with Gasteiger partial charge >= 0.3 is 0 Å². The molecule has 0 saturated carbocycles. The molecule has 0 bridgehead atoms. The molecule has 2 aliphatic rings. The predicted molar refractivity (Wildman–Crippen MR) is 139 cm³/mol. The van der Waals surface area contributed by atoms with Gasteiger partial charge in [-0.25, -0.2) is 12.7 Å². The number of likely N-dealkylation sites (tertiary alicyclic amines) is 2. The molecule has 3 heterocycles. The highest BCUT2D eigenvalue weighted by molar-refractivity contribution is 7.89. The van der Waals surface area contributed by atoms with Gasteiger partial charge in [0.2, 0.25) is 15.9 Å². The first-order valence-electron chi connectivity index (χ1n) is 12.3. The van der Waals surface area contributed by atoms with Gasteiger partial charge in [-0.05, 0) is 66.6 Å². The number of fused-ring (bicyclic) bond motifs is 2. The first kappa shape index (κ1) is 25.1. The molecule has 10 nitrogen and oxygen atoms in total. The van der Waals surface area contributed by atoms with Crippen LogP contribution in [0.3, 0.4) is 0 Å². The van der Waals surface area contributed by atoms with Crippen molar-refractivity contribution in [2.75, 3.05) is 40.3 Å². The third-order valence-corrected chi connectivity index (χ3v) is 9.19. The quantitative estimate of drug-likeness (QED) is 0.513. The van der Waals surface area contributed by atoms with Gasteiger partial charge in [-0.1, -0.05) is 17.3 Å². The van der Waals surface area contributed by atoms with Gasteiger partial charge in [0.15, 0.2) is 0 Å². The van der Waals surface area contributed by atoms with Gasteiger partial charge in [0, 0.05) is 51.9 Å². The molecule has 1 N–H and O–H groups in total. The van der Waals surface area contributed by atoms with E-state index in [9.17, 15) is 18.0 Å². The molecule has 194 valence electrons. The van der Waals surface area contributed by atoms with E-state index in [1.807, 2.05) is 15.9 Å². The molecule has 0 unspecified atom stereocenters. The Balaban J connectivity index is 1.16. The smallest absolute Gasteiger partial charge is 0.253 e. The summed E-state index contributed by atoms with van der Waals surface area (Å²) < 4.78 is 25.6. The van der Waals surface area contributed by atoms with Crippen LogP contribution in [-0.4, -0.2) is 90.0 Å². The lowest BCUT2D eigenvalue weighted by Gasteiger charge is -2.21. The molecular formula is C26H30N6O4S. The van der Waals surface area contributed by atoms with E-state index in [-0.39, 0.29) is 16.7 Å². The summed E-state index contributed by atoms with van der Waals surface area (Å²) in [5.74, 6) is 0.692. The predicted octanol–water partition coefficient (Wildman–Crippen LogP) is 2.23. The largest absolute Gasteiger partial charge is 0.339 e. The highest BCUT2D eigenvalue weighted by Gasteiger charge is 2.37. The number of H-pyrrole nitrogens is 1. The van der Waals surface area contributed by atoms with Crippen LogP contribution in [0.5, 0.6) is 0 Å². The number of hydrogen-bond acceptors (Lipinski definition) is 6. The van der Waals surface area contributed by atoms with Crippen molar-refractivity contribution in [3.63, 3.8) is 0 Å². The van der Waals surface area contributed by atoms with Gasteiger partial charge in [0.1, 0.15) is 5.52 Å². The molecule has 37 heavy (non-hydrogen) atoms. The number of nitrogens with zero attached hydrogens (tertiary/aromatic N) is 5. The van der Waals surface area contributed by atoms with Crippen molar-refractivity contribution < 1.29 is 18.0 Å². The lowest BCUT2D eigenvalue weighted by atomic mass is 9.92. The number of rotatable bonds is 5. The van der Waals surface area contributed by atoms with Crippen molar-refractivity contribution in [2.45, 2.75) is 17.7 Å². The maximum Gasteiger partial charge on any atom is 0.253 e. The maximum absolute atomic E-state index is 13.1. The number of carbonyl (C=O) groups is 2. The molecule has 2 amide bonds. The normalized spacial score (nSPS) is 20.5. The van der Waals surface area contributed by atoms with Crippen LogP contribution in [-0.2, 0) is 14.8 Å². The van der Waals surface area contributed by atoms with E-state index in [2.05, 4.69) is 15.4 Å². The van der Waals surface area contributed by atoms with E-state index in [0.29, 0.717) is 49.1 Å². The van der Waals surface area contributed by atoms with Crippen molar-refractivity contribution >= 4 is 38.9 Å². The lowest BCUT2D eigenvalue weighted by molar-refractivity contribution is -0.126. The Labute approximate surface area is 216 Å². The molecule has 11 heteroatoms. The average Bonchev–Trinajstić information content (AvgIpc) is 3.49. The first-order chi connectivity index (χ1) is 17.7. The molecule has 5 rings (SSSR count). The van der Waals surface area contributed by atoms with Crippen molar-refractivity contribution in [1.82, 2.24) is 29.5 Å². The van der Waals surface area contributed by atoms with Crippen molar-refractivity contribution in [3.05, 3.63) is 59.7 Å². The molecule has 2 fully saturated rings. The number of amides is 2. The molecule has 2 atom stereocenters. The van der Waals surface area contributed by atoms with E-state index in [4.69, 9.17) is 0 Å². The van der Waals surface area contributed by atoms with Crippen LogP contribution < -0.4 is 0 Å². The summed E-state index contributed by atoms with van der Waals surface area (Å²) in [5, 5.41) is 10.6. The summed E-state index contributed by atoms with van der Waals surface area (Å²) >= 11 is 0. The van der Waals surface area contributed by atoms with E-state index in [1.165, 1.54) is 18.4 Å². The number of aromatic amines is 1. The second-order valence-electron chi connectivity index (χ2n) is 9.87. The van der Waals surface area contributed by atoms with Gasteiger partial charge < -0.3 is 9.80 Å². The molecule has 3 aromatic rings. The topological polar surface area (TPSA) is 120 Å². The summed E-state index contributed by atoms with van der Waals surface area (Å²) in [7, 11) is -0.498. The fourth-order valence-electron chi connectivity index (χ4n) is 5.13. The van der Waals surface area contributed by atoms with Crippen LogP contribution in [0.1, 0.15) is 28.8 Å². The van der Waals surface area contributed by atoms with Crippen molar-refractivity contribution in [3.8, 4) is 0 Å². The average molecular weight is 523 g/mol. The number of sulfonamides is 1. The van der Waals surface area contributed by atoms with E-state index >= 15 is 0 Å². The number of benzene rings is 2. The van der Waals surface area contributed by atoms with Gasteiger partial charge in [-0.3, -0.25) is 14.7 Å². The van der Waals surface area contributed by atoms with Crippen LogP contribution in [0.25, 0.3) is 17.1 Å². The van der Waals surface area contributed by atoms with E-state index < -0.39 is 10.0 Å². The monoisotopic (exact) mass is 522 g/mol. The van der Waals surface area contributed by atoms with Gasteiger partial charge in [-0.2, -0.15) is 0 Å². The maximum atomic E-state index is 13.1. The van der Waals surface area contributed by atoms with E-state index in [1.54, 1.807) is 48.6 Å². The fraction of sp³-hybridized carbons (Fsp3) is 0.385. The zero-order valence-corrected chi connectivity index (χ0v) is 21.7. The molecule has 2 aromatic carbocycles. The van der Waals surface area contributed by atoms with Crippen molar-refractivity contribution in [1.29, 1.82) is 0 Å². The molecule has 1 aromatic heterocycles. The SMILES string of the molecule is CN(C)S(=O)(=O)c1ccc(C=CC(=O)N2CC[C@@H]3CN(C(=O)c4ccc5[nH]nnc5c4)C[C@@H]3CC2)cc1. The zero-order chi connectivity index (χ0) is 26.2. The summed E-state index contributed by atoms with van der Waals surface area (Å²) in [5.41, 5.74) is 2.86. The molecule has 0 aliphatic carbocycles. The molecule has 0 radical (unpaired) electrons. The minimum absolute atomic E-state index is 0.0123. The van der Waals surface area contributed by atoms with Crippen LogP contribution >= 0.6 is 0 Å². The number of nitrogens with one attached hydrogen (secondary N) is 1. The Bertz CT molecular complexity index is 1430. The number of aromatic nitrogens is 3. The summed E-state index contributed by atoms with van der Waals surface area (Å²) in [4.78, 5) is 30.0. The molecule has 2 saturated heterocycles. The lowest BCUT2D eigenvalue weighted by Crippen LogP contribution is -2.33. The van der Waals surface area contributed by atoms with Crippen LogP contribution in [0.15, 0.2) is 53.4 Å². The Morgan fingerprint density at radius 2 is 1.68 bits per heavy atom. The van der Waals surface area contributed by atoms with Crippen LogP contribution in [0.2, 0.25) is 0 Å². The Kier molecular flexibility index (Phi) is 6.82. The van der Waals surface area contributed by atoms with E-state index in [0.717, 1.165) is 23.9 Å². The molecule has 0 spiro atoms. The van der Waals surface area contributed by atoms with Gasteiger partial charge in [0.05, 0.1) is 10.4 Å². The summed E-state index contributed by atoms with van der Waals surface area (Å²) in [6.45, 7) is 2.69. The highest BCUT2D eigenvalue weighted by atomic mass is 32.2. The third-order valence-electron chi connectivity index (χ3n) is 7.36. The van der Waals surface area contributed by atoms with Crippen molar-refractivity contribution in [2.24, 2.45) is 11.8 Å². The second kappa shape index (κ2) is 10.1. The fourth-order valence-corrected chi connectivity index (χ4v) is 6.03. The van der Waals surface area contributed by atoms with Crippen LogP contribution in [0, 0.1) is 11.8 Å². The Morgan fingerprint density at radius 3 is 2.32 bits per heavy atom. The first-order valence-corrected chi connectivity index (χ1v) is 13.8. The second-order valence-corrected chi connectivity index (χ2v) is 12.0. The minimum Gasteiger partial charge on any atom is -0.339 e.